The van der Waals surface area contributed by atoms with Crippen molar-refractivity contribution in [1.29, 1.82) is 0 Å². The van der Waals surface area contributed by atoms with Crippen LogP contribution >= 0.6 is 23.2 Å². The van der Waals surface area contributed by atoms with E-state index in [1.807, 2.05) is 4.72 Å². The second kappa shape index (κ2) is 8.38. The number of sulfonamides is 1. The molecule has 1 fully saturated rings. The molecule has 1 saturated carbocycles. The first kappa shape index (κ1) is 20.4. The Morgan fingerprint density at radius 2 is 1.82 bits per heavy atom. The molecule has 0 aromatic heterocycles. The van der Waals surface area contributed by atoms with Crippen LogP contribution in [-0.2, 0) is 14.8 Å². The molecule has 0 radical (unpaired) electrons. The van der Waals surface area contributed by atoms with Crippen LogP contribution in [0, 0.1) is 0 Å². The van der Waals surface area contributed by atoms with Crippen molar-refractivity contribution in [3.63, 3.8) is 0 Å². The quantitative estimate of drug-likeness (QED) is 0.684. The zero-order valence-corrected chi connectivity index (χ0v) is 16.8. The highest BCUT2D eigenvalue weighted by atomic mass is 35.5. The van der Waals surface area contributed by atoms with E-state index < -0.39 is 27.1 Å². The summed E-state index contributed by atoms with van der Waals surface area (Å²) in [5, 5.41) is 2.57. The number of hydrogen-bond donors (Lipinski definition) is 2. The minimum Gasteiger partial charge on any atom is -0.482 e. The molecule has 148 valence electrons. The summed E-state index contributed by atoms with van der Waals surface area (Å²) < 4.78 is 31.4. The summed E-state index contributed by atoms with van der Waals surface area (Å²) in [4.78, 5) is 24.6. The zero-order valence-electron chi connectivity index (χ0n) is 14.4. The van der Waals surface area contributed by atoms with Crippen molar-refractivity contribution >= 4 is 50.7 Å². The minimum absolute atomic E-state index is 0.0280. The maximum atomic E-state index is 12.4. The van der Waals surface area contributed by atoms with E-state index in [1.165, 1.54) is 18.2 Å². The molecule has 0 spiro atoms. The number of benzene rings is 2. The smallest absolute Gasteiger partial charge is 0.266 e. The fraction of sp³-hybridized carbons (Fsp3) is 0.222. The third-order valence-corrected chi connectivity index (χ3v) is 6.26. The van der Waals surface area contributed by atoms with Gasteiger partial charge in [-0.1, -0.05) is 35.3 Å². The van der Waals surface area contributed by atoms with Gasteiger partial charge in [-0.15, -0.1) is 0 Å². The lowest BCUT2D eigenvalue weighted by molar-refractivity contribution is -0.118. The Morgan fingerprint density at radius 3 is 2.50 bits per heavy atom. The molecule has 2 aromatic carbocycles. The van der Waals surface area contributed by atoms with Crippen molar-refractivity contribution in [2.75, 3.05) is 11.9 Å². The van der Waals surface area contributed by atoms with Gasteiger partial charge in [0, 0.05) is 5.02 Å². The van der Waals surface area contributed by atoms with Gasteiger partial charge in [-0.25, -0.2) is 13.1 Å². The molecule has 0 bridgehead atoms. The highest BCUT2D eigenvalue weighted by molar-refractivity contribution is 7.91. The Labute approximate surface area is 172 Å². The van der Waals surface area contributed by atoms with Crippen molar-refractivity contribution in [1.82, 2.24) is 4.72 Å². The lowest BCUT2D eigenvalue weighted by Crippen LogP contribution is -2.34. The number of para-hydroxylation sites is 1. The molecule has 3 rings (SSSR count). The number of ether oxygens (including phenoxy) is 1. The van der Waals surface area contributed by atoms with Crippen LogP contribution in [0.25, 0.3) is 0 Å². The van der Waals surface area contributed by atoms with Gasteiger partial charge in [0.05, 0.1) is 21.5 Å². The fourth-order valence-corrected chi connectivity index (χ4v) is 4.01. The predicted molar refractivity (Wildman–Crippen MR) is 106 cm³/mol. The summed E-state index contributed by atoms with van der Waals surface area (Å²) in [6.45, 7) is -0.363. The number of halogens is 2. The van der Waals surface area contributed by atoms with Gasteiger partial charge < -0.3 is 10.1 Å². The third-order valence-electron chi connectivity index (χ3n) is 3.89. The van der Waals surface area contributed by atoms with E-state index in [9.17, 15) is 18.0 Å². The van der Waals surface area contributed by atoms with Gasteiger partial charge in [-0.05, 0) is 43.2 Å². The molecule has 2 amide bonds. The van der Waals surface area contributed by atoms with Crippen molar-refractivity contribution < 1.29 is 22.7 Å². The van der Waals surface area contributed by atoms with Gasteiger partial charge in [0.15, 0.2) is 6.61 Å². The van der Waals surface area contributed by atoms with Crippen molar-refractivity contribution in [3.8, 4) is 5.75 Å². The predicted octanol–water partition coefficient (Wildman–Crippen LogP) is 3.23. The molecule has 0 unspecified atom stereocenters. The van der Waals surface area contributed by atoms with E-state index in [4.69, 9.17) is 27.9 Å². The van der Waals surface area contributed by atoms with Crippen LogP contribution in [0.1, 0.15) is 23.2 Å². The molecule has 7 nitrogen and oxygen atoms in total. The molecular formula is C18H16Cl2N2O5S. The van der Waals surface area contributed by atoms with E-state index in [-0.39, 0.29) is 22.9 Å². The zero-order chi connectivity index (χ0) is 20.3. The maximum absolute atomic E-state index is 12.4. The number of anilines is 1. The first-order valence-corrected chi connectivity index (χ1v) is 10.6. The van der Waals surface area contributed by atoms with E-state index in [0.29, 0.717) is 23.6 Å². The second-order valence-corrected chi connectivity index (χ2v) is 8.94. The number of rotatable bonds is 7. The van der Waals surface area contributed by atoms with Crippen LogP contribution < -0.4 is 14.8 Å². The summed E-state index contributed by atoms with van der Waals surface area (Å²) in [5.74, 6) is -1.08. The number of carbonyl (C=O) groups is 2. The van der Waals surface area contributed by atoms with E-state index in [0.717, 1.165) is 0 Å². The summed E-state index contributed by atoms with van der Waals surface area (Å²) in [7, 11) is -3.73. The number of amides is 2. The molecule has 0 heterocycles. The number of nitrogens with one attached hydrogen (secondary N) is 2. The molecule has 1 aliphatic carbocycles. The topological polar surface area (TPSA) is 102 Å². The van der Waals surface area contributed by atoms with Crippen LogP contribution in [0.15, 0.2) is 42.5 Å². The lowest BCUT2D eigenvalue weighted by Gasteiger charge is -2.13. The van der Waals surface area contributed by atoms with Gasteiger partial charge >= 0.3 is 0 Å². The third kappa shape index (κ3) is 5.15. The Bertz CT molecular complexity index is 1020. The lowest BCUT2D eigenvalue weighted by atomic mass is 10.1. The Morgan fingerprint density at radius 1 is 1.11 bits per heavy atom. The van der Waals surface area contributed by atoms with Crippen molar-refractivity contribution in [2.24, 2.45) is 0 Å². The molecule has 10 heteroatoms. The Hall–Kier alpha value is -2.29. The van der Waals surface area contributed by atoms with E-state index in [1.54, 1.807) is 24.3 Å². The number of hydrogen-bond acceptors (Lipinski definition) is 5. The van der Waals surface area contributed by atoms with Crippen LogP contribution in [0.3, 0.4) is 0 Å². The molecule has 28 heavy (non-hydrogen) atoms. The van der Waals surface area contributed by atoms with Gasteiger partial charge in [0.1, 0.15) is 5.75 Å². The summed E-state index contributed by atoms with van der Waals surface area (Å²) in [5.41, 5.74) is 0.0449. The molecule has 0 aliphatic heterocycles. The molecule has 2 N–H and O–H groups in total. The standard InChI is InChI=1S/C18H16Cl2N2O5S/c19-11-5-8-13(18(24)22-28(25,26)12-6-7-12)15(9-11)21-17(23)10-27-16-4-2-1-3-14(16)20/h1-5,8-9,12H,6-7,10H2,(H,21,23)(H,22,24). The van der Waals surface area contributed by atoms with Gasteiger partial charge in [0.2, 0.25) is 10.0 Å². The van der Waals surface area contributed by atoms with Crippen LogP contribution in [0.2, 0.25) is 10.0 Å². The Balaban J connectivity index is 1.70. The van der Waals surface area contributed by atoms with E-state index >= 15 is 0 Å². The molecule has 2 aromatic rings. The summed E-state index contributed by atoms with van der Waals surface area (Å²) in [6, 6.07) is 10.8. The van der Waals surface area contributed by atoms with Crippen molar-refractivity contribution in [2.45, 2.75) is 18.1 Å². The van der Waals surface area contributed by atoms with E-state index in [2.05, 4.69) is 5.32 Å². The van der Waals surface area contributed by atoms with Crippen molar-refractivity contribution in [3.05, 3.63) is 58.1 Å². The molecule has 1 aliphatic rings. The van der Waals surface area contributed by atoms with Gasteiger partial charge in [-0.2, -0.15) is 0 Å². The Kier molecular flexibility index (Phi) is 6.12. The first-order chi connectivity index (χ1) is 13.3. The largest absolute Gasteiger partial charge is 0.482 e. The molecular weight excluding hydrogens is 427 g/mol. The molecule has 0 atom stereocenters. The second-order valence-electron chi connectivity index (χ2n) is 6.13. The monoisotopic (exact) mass is 442 g/mol. The molecule has 0 saturated heterocycles. The summed E-state index contributed by atoms with van der Waals surface area (Å²) in [6.07, 6.45) is 1.04. The van der Waals surface area contributed by atoms with Gasteiger partial charge in [0.25, 0.3) is 11.8 Å². The normalized spacial score (nSPS) is 13.6. The van der Waals surface area contributed by atoms with Crippen LogP contribution in [0.4, 0.5) is 5.69 Å². The SMILES string of the molecule is O=C(COc1ccccc1Cl)Nc1cc(Cl)ccc1C(=O)NS(=O)(=O)C1CC1. The average Bonchev–Trinajstić information content (AvgIpc) is 3.46. The van der Waals surface area contributed by atoms with Gasteiger partial charge in [-0.3, -0.25) is 9.59 Å². The highest BCUT2D eigenvalue weighted by Gasteiger charge is 2.37. The van der Waals surface area contributed by atoms with Crippen LogP contribution in [-0.4, -0.2) is 32.1 Å². The fourth-order valence-electron chi connectivity index (χ4n) is 2.36. The maximum Gasteiger partial charge on any atom is 0.266 e. The average molecular weight is 443 g/mol. The number of carbonyl (C=O) groups excluding carboxylic acids is 2. The minimum atomic E-state index is -3.73. The van der Waals surface area contributed by atoms with Crippen LogP contribution in [0.5, 0.6) is 5.75 Å². The highest BCUT2D eigenvalue weighted by Crippen LogP contribution is 2.28. The summed E-state index contributed by atoms with van der Waals surface area (Å²) >= 11 is 11.9. The first-order valence-electron chi connectivity index (χ1n) is 8.29.